The molecule has 0 aliphatic carbocycles. The third-order valence-electron chi connectivity index (χ3n) is 5.88. The van der Waals surface area contributed by atoms with E-state index in [-0.39, 0.29) is 12.4 Å². The lowest BCUT2D eigenvalue weighted by molar-refractivity contribution is -0.722. The van der Waals surface area contributed by atoms with E-state index in [9.17, 15) is 0 Å². The second-order valence-corrected chi connectivity index (χ2v) is 8.58. The van der Waals surface area contributed by atoms with Gasteiger partial charge in [-0.05, 0) is 31.4 Å². The number of nitrogens with zero attached hydrogens (tertiary/aromatic N) is 2. The molecular formula is C27H45ClN2O. The maximum absolute atomic E-state index is 5.95. The van der Waals surface area contributed by atoms with E-state index in [2.05, 4.69) is 65.7 Å². The molecule has 0 aliphatic rings. The van der Waals surface area contributed by atoms with E-state index in [1.807, 2.05) is 0 Å². The first kappa shape index (κ1) is 27.7. The van der Waals surface area contributed by atoms with Gasteiger partial charge in [-0.1, -0.05) is 96.3 Å². The average Bonchev–Trinajstić information content (AvgIpc) is 3.18. The predicted octanol–water partition coefficient (Wildman–Crippen LogP) is 4.53. The van der Waals surface area contributed by atoms with Gasteiger partial charge in [0.05, 0.1) is 18.7 Å². The van der Waals surface area contributed by atoms with Gasteiger partial charge in [-0.25, -0.2) is 9.13 Å². The van der Waals surface area contributed by atoms with Gasteiger partial charge in [0.15, 0.2) is 6.73 Å². The maximum Gasteiger partial charge on any atom is 0.290 e. The highest BCUT2D eigenvalue weighted by Gasteiger charge is 2.19. The number of benzene rings is 1. The summed E-state index contributed by atoms with van der Waals surface area (Å²) < 4.78 is 10.6. The highest BCUT2D eigenvalue weighted by atomic mass is 35.5. The summed E-state index contributed by atoms with van der Waals surface area (Å²) in [7, 11) is 0. The molecule has 0 spiro atoms. The van der Waals surface area contributed by atoms with Gasteiger partial charge in [0.2, 0.25) is 0 Å². The Morgan fingerprint density at radius 3 is 1.97 bits per heavy atom. The minimum absolute atomic E-state index is 0. The Morgan fingerprint density at radius 1 is 0.742 bits per heavy atom. The molecule has 4 heteroatoms. The van der Waals surface area contributed by atoms with Crippen LogP contribution in [0.4, 0.5) is 0 Å². The van der Waals surface area contributed by atoms with Gasteiger partial charge in [-0.3, -0.25) is 0 Å². The lowest BCUT2D eigenvalue weighted by Crippen LogP contribution is -3.00. The Balaban J connectivity index is 0.00000480. The van der Waals surface area contributed by atoms with Crippen LogP contribution >= 0.6 is 0 Å². The molecule has 0 saturated carbocycles. The fourth-order valence-corrected chi connectivity index (χ4v) is 4.06. The first-order chi connectivity index (χ1) is 14.9. The molecule has 0 bridgehead atoms. The van der Waals surface area contributed by atoms with Crippen molar-refractivity contribution in [3.8, 4) is 11.4 Å². The van der Waals surface area contributed by atoms with Crippen LogP contribution in [0.5, 0.6) is 0 Å². The average molecular weight is 449 g/mol. The van der Waals surface area contributed by atoms with Gasteiger partial charge < -0.3 is 17.1 Å². The minimum Gasteiger partial charge on any atom is -1.00 e. The molecule has 3 nitrogen and oxygen atoms in total. The molecule has 0 radical (unpaired) electrons. The van der Waals surface area contributed by atoms with Crippen molar-refractivity contribution in [2.45, 2.75) is 111 Å². The zero-order chi connectivity index (χ0) is 21.3. The number of imidazole rings is 1. The van der Waals surface area contributed by atoms with Crippen molar-refractivity contribution in [1.29, 1.82) is 0 Å². The molecule has 1 aromatic heterocycles. The first-order valence-corrected chi connectivity index (χ1v) is 12.6. The van der Waals surface area contributed by atoms with Crippen molar-refractivity contribution in [3.63, 3.8) is 0 Å². The zero-order valence-corrected chi connectivity index (χ0v) is 20.8. The Kier molecular flexibility index (Phi) is 16.3. The van der Waals surface area contributed by atoms with Crippen LogP contribution in [0.1, 0.15) is 97.3 Å². The van der Waals surface area contributed by atoms with Crippen molar-refractivity contribution in [3.05, 3.63) is 42.7 Å². The van der Waals surface area contributed by atoms with E-state index in [1.54, 1.807) is 0 Å². The van der Waals surface area contributed by atoms with Crippen molar-refractivity contribution >= 4 is 0 Å². The highest BCUT2D eigenvalue weighted by Crippen LogP contribution is 2.17. The van der Waals surface area contributed by atoms with Gasteiger partial charge in [0.25, 0.3) is 5.82 Å². The predicted molar refractivity (Wildman–Crippen MR) is 127 cm³/mol. The summed E-state index contributed by atoms with van der Waals surface area (Å²) in [6, 6.07) is 10.7. The zero-order valence-electron chi connectivity index (χ0n) is 20.0. The molecule has 176 valence electrons. The summed E-state index contributed by atoms with van der Waals surface area (Å²) >= 11 is 0. The summed E-state index contributed by atoms with van der Waals surface area (Å²) in [6.45, 7) is 7.09. The van der Waals surface area contributed by atoms with Crippen molar-refractivity contribution < 1.29 is 21.7 Å². The molecule has 0 atom stereocenters. The van der Waals surface area contributed by atoms with Crippen LogP contribution in [0, 0.1) is 0 Å². The van der Waals surface area contributed by atoms with Crippen LogP contribution in [-0.4, -0.2) is 11.2 Å². The third-order valence-corrected chi connectivity index (χ3v) is 5.88. The fourth-order valence-electron chi connectivity index (χ4n) is 4.06. The largest absolute Gasteiger partial charge is 1.00 e. The fraction of sp³-hybridized carbons (Fsp3) is 0.667. The van der Waals surface area contributed by atoms with Crippen LogP contribution in [0.15, 0.2) is 42.7 Å². The van der Waals surface area contributed by atoms with Crippen molar-refractivity contribution in [2.24, 2.45) is 0 Å². The lowest BCUT2D eigenvalue weighted by atomic mass is 10.1. The summed E-state index contributed by atoms with van der Waals surface area (Å²) in [5.74, 6) is 1.27. The van der Waals surface area contributed by atoms with Gasteiger partial charge in [-0.15, -0.1) is 0 Å². The maximum atomic E-state index is 5.95. The Hall–Kier alpha value is -1.32. The van der Waals surface area contributed by atoms with Crippen LogP contribution < -0.4 is 17.0 Å². The van der Waals surface area contributed by atoms with E-state index in [4.69, 9.17) is 4.74 Å². The van der Waals surface area contributed by atoms with E-state index >= 15 is 0 Å². The molecule has 0 saturated heterocycles. The molecular weight excluding hydrogens is 404 g/mol. The number of halogens is 1. The van der Waals surface area contributed by atoms with Crippen LogP contribution in [0.3, 0.4) is 0 Å². The second kappa shape index (κ2) is 18.3. The Labute approximate surface area is 197 Å². The van der Waals surface area contributed by atoms with Crippen LogP contribution in [0.25, 0.3) is 11.4 Å². The number of aryl methyl sites for hydroxylation is 1. The van der Waals surface area contributed by atoms with E-state index < -0.39 is 0 Å². The van der Waals surface area contributed by atoms with Crippen LogP contribution in [-0.2, 0) is 18.0 Å². The number of rotatable bonds is 18. The summed E-state index contributed by atoms with van der Waals surface area (Å²) in [5.41, 5.74) is 1.27. The highest BCUT2D eigenvalue weighted by molar-refractivity contribution is 5.52. The first-order valence-electron chi connectivity index (χ1n) is 12.6. The normalized spacial score (nSPS) is 10.9. The van der Waals surface area contributed by atoms with Crippen LogP contribution in [0.2, 0.25) is 0 Å². The number of aromatic nitrogens is 2. The smallest absolute Gasteiger partial charge is 0.290 e. The number of unbranched alkanes of at least 4 members (excludes halogenated alkanes) is 11. The lowest BCUT2D eigenvalue weighted by Gasteiger charge is -2.07. The molecule has 2 aromatic rings. The standard InChI is InChI=1S/C27H45N2O.ClH/c1-3-5-7-8-9-10-11-12-13-17-21-28-22-23-29(25-30-24-18-6-4-2)27(28)26-19-15-14-16-20-26;/h14-16,19-20,22-23H,3-13,17-18,21,24-25H2,1-2H3;1H/q+1;/p-1. The van der Waals surface area contributed by atoms with E-state index in [0.29, 0.717) is 6.73 Å². The molecule has 0 amide bonds. The monoisotopic (exact) mass is 448 g/mol. The summed E-state index contributed by atoms with van der Waals surface area (Å²) in [5, 5.41) is 0. The van der Waals surface area contributed by atoms with Gasteiger partial charge in [0.1, 0.15) is 12.4 Å². The molecule has 31 heavy (non-hydrogen) atoms. The summed E-state index contributed by atoms with van der Waals surface area (Å²) in [4.78, 5) is 0. The Morgan fingerprint density at radius 2 is 1.32 bits per heavy atom. The van der Waals surface area contributed by atoms with Crippen molar-refractivity contribution in [2.75, 3.05) is 6.61 Å². The van der Waals surface area contributed by atoms with Crippen molar-refractivity contribution in [1.82, 2.24) is 4.57 Å². The van der Waals surface area contributed by atoms with Gasteiger partial charge >= 0.3 is 0 Å². The van der Waals surface area contributed by atoms with E-state index in [1.165, 1.54) is 88.4 Å². The van der Waals surface area contributed by atoms with Gasteiger partial charge in [-0.2, -0.15) is 0 Å². The number of ether oxygens (including phenoxy) is 1. The van der Waals surface area contributed by atoms with Gasteiger partial charge in [0, 0.05) is 0 Å². The molecule has 0 unspecified atom stereocenters. The SMILES string of the molecule is CCCCCCCCCCCCn1cc[n+](COCCCCC)c1-c1ccccc1.[Cl-]. The minimum atomic E-state index is 0. The molecule has 0 aliphatic heterocycles. The quantitative estimate of drug-likeness (QED) is 0.242. The summed E-state index contributed by atoms with van der Waals surface area (Å²) in [6.07, 6.45) is 21.8. The molecule has 1 aromatic carbocycles. The van der Waals surface area contributed by atoms with E-state index in [0.717, 1.165) is 19.6 Å². The third kappa shape index (κ3) is 11.2. The molecule has 1 heterocycles. The Bertz CT molecular complexity index is 657. The molecule has 2 rings (SSSR count). The molecule has 0 fully saturated rings. The number of hydrogen-bond donors (Lipinski definition) is 0. The molecule has 0 N–H and O–H groups in total. The topological polar surface area (TPSA) is 18.0 Å². The number of hydrogen-bond acceptors (Lipinski definition) is 1. The second-order valence-electron chi connectivity index (χ2n) is 8.58.